The number of hydrogen-bond donors (Lipinski definition) is 1. The molecule has 1 amide bonds. The van der Waals surface area contributed by atoms with E-state index in [1.165, 1.54) is 0 Å². The number of ether oxygens (including phenoxy) is 1. The molecule has 4 rings (SSSR count). The summed E-state index contributed by atoms with van der Waals surface area (Å²) < 4.78 is 16.4. The lowest BCUT2D eigenvalue weighted by molar-refractivity contribution is -0.133. The van der Waals surface area contributed by atoms with E-state index < -0.39 is 0 Å². The average Bonchev–Trinajstić information content (AvgIpc) is 3.33. The first-order chi connectivity index (χ1) is 12.2. The first-order valence-electron chi connectivity index (χ1n) is 8.77. The summed E-state index contributed by atoms with van der Waals surface area (Å²) in [7, 11) is 0. The fourth-order valence-electron chi connectivity index (χ4n) is 3.73. The van der Waals surface area contributed by atoms with Crippen LogP contribution >= 0.6 is 0 Å². The number of nitrogens with zero attached hydrogens (tertiary/aromatic N) is 2. The van der Waals surface area contributed by atoms with Gasteiger partial charge in [-0.3, -0.25) is 9.69 Å². The van der Waals surface area contributed by atoms with Gasteiger partial charge in [-0.05, 0) is 44.4 Å². The quantitative estimate of drug-likeness (QED) is 0.891. The Kier molecular flexibility index (Phi) is 4.59. The summed E-state index contributed by atoms with van der Waals surface area (Å²) in [6.45, 7) is 4.89. The van der Waals surface area contributed by atoms with Gasteiger partial charge in [0.25, 0.3) is 0 Å². The molecule has 7 heteroatoms. The van der Waals surface area contributed by atoms with Crippen molar-refractivity contribution in [1.82, 2.24) is 15.4 Å². The number of carbonyl (C=O) groups excluding carboxylic acids is 1. The molecule has 0 unspecified atom stereocenters. The van der Waals surface area contributed by atoms with Gasteiger partial charge in [0.2, 0.25) is 5.91 Å². The Morgan fingerprint density at radius 3 is 3.16 bits per heavy atom. The summed E-state index contributed by atoms with van der Waals surface area (Å²) in [4.78, 5) is 14.7. The number of aromatic nitrogens is 1. The molecule has 7 nitrogen and oxygen atoms in total. The Morgan fingerprint density at radius 2 is 2.40 bits per heavy atom. The molecule has 4 heterocycles. The van der Waals surface area contributed by atoms with Gasteiger partial charge in [-0.1, -0.05) is 5.16 Å². The maximum absolute atomic E-state index is 12.3. The molecule has 2 aromatic rings. The van der Waals surface area contributed by atoms with Gasteiger partial charge < -0.3 is 19.0 Å². The van der Waals surface area contributed by atoms with E-state index >= 15 is 0 Å². The molecule has 2 aliphatic heterocycles. The molecule has 134 valence electrons. The lowest BCUT2D eigenvalue weighted by Crippen LogP contribution is -2.42. The molecule has 0 aliphatic carbocycles. The second kappa shape index (κ2) is 7.01. The Labute approximate surface area is 146 Å². The monoisotopic (exact) mass is 345 g/mol. The normalized spacial score (nSPS) is 26.5. The molecule has 2 aliphatic rings. The van der Waals surface area contributed by atoms with E-state index in [0.29, 0.717) is 12.5 Å². The van der Waals surface area contributed by atoms with Crippen LogP contribution in [0.5, 0.6) is 0 Å². The number of rotatable bonds is 5. The van der Waals surface area contributed by atoms with Gasteiger partial charge in [-0.15, -0.1) is 0 Å². The van der Waals surface area contributed by atoms with E-state index in [9.17, 15) is 4.79 Å². The predicted octanol–water partition coefficient (Wildman–Crippen LogP) is 1.87. The van der Waals surface area contributed by atoms with Crippen molar-refractivity contribution in [3.05, 3.63) is 41.7 Å². The van der Waals surface area contributed by atoms with Crippen LogP contribution < -0.4 is 5.32 Å². The van der Waals surface area contributed by atoms with Crippen LogP contribution in [0.2, 0.25) is 0 Å². The van der Waals surface area contributed by atoms with Gasteiger partial charge in [-0.2, -0.15) is 0 Å². The molecule has 2 saturated heterocycles. The molecule has 25 heavy (non-hydrogen) atoms. The second-order valence-electron chi connectivity index (χ2n) is 6.91. The fourth-order valence-corrected chi connectivity index (χ4v) is 3.73. The molecule has 3 atom stereocenters. The Bertz CT molecular complexity index is 712. The van der Waals surface area contributed by atoms with Crippen molar-refractivity contribution < 1.29 is 18.5 Å². The number of piperidine rings is 1. The summed E-state index contributed by atoms with van der Waals surface area (Å²) in [6, 6.07) is 5.62. The number of carbonyl (C=O) groups is 1. The minimum Gasteiger partial charge on any atom is -0.467 e. The van der Waals surface area contributed by atoms with Crippen LogP contribution in [-0.2, 0) is 22.6 Å². The van der Waals surface area contributed by atoms with E-state index in [1.54, 1.807) is 6.26 Å². The first-order valence-corrected chi connectivity index (χ1v) is 8.77. The zero-order valence-electron chi connectivity index (χ0n) is 14.3. The van der Waals surface area contributed by atoms with Crippen molar-refractivity contribution in [2.75, 3.05) is 13.1 Å². The minimum atomic E-state index is -0.362. The van der Waals surface area contributed by atoms with Crippen LogP contribution in [0.1, 0.15) is 30.1 Å². The number of aryl methyl sites for hydroxylation is 1. The zero-order valence-corrected chi connectivity index (χ0v) is 14.3. The highest BCUT2D eigenvalue weighted by Crippen LogP contribution is 2.33. The van der Waals surface area contributed by atoms with Crippen molar-refractivity contribution in [2.24, 2.45) is 5.92 Å². The predicted molar refractivity (Wildman–Crippen MR) is 88.5 cm³/mol. The number of amides is 1. The summed E-state index contributed by atoms with van der Waals surface area (Å²) >= 11 is 0. The van der Waals surface area contributed by atoms with Crippen LogP contribution in [-0.4, -0.2) is 41.3 Å². The molecule has 0 aromatic carbocycles. The molecule has 0 radical (unpaired) electrons. The minimum absolute atomic E-state index is 0.0514. The second-order valence-corrected chi connectivity index (χ2v) is 6.91. The van der Waals surface area contributed by atoms with Crippen molar-refractivity contribution in [1.29, 1.82) is 0 Å². The van der Waals surface area contributed by atoms with Crippen LogP contribution in [0.4, 0.5) is 0 Å². The van der Waals surface area contributed by atoms with Crippen molar-refractivity contribution in [2.45, 2.75) is 45.1 Å². The number of hydrogen-bond acceptors (Lipinski definition) is 6. The summed E-state index contributed by atoms with van der Waals surface area (Å²) in [5, 5.41) is 6.95. The number of fused-ring (bicyclic) bond motifs is 1. The topological polar surface area (TPSA) is 80.7 Å². The Balaban J connectivity index is 1.28. The Morgan fingerprint density at radius 1 is 1.48 bits per heavy atom. The van der Waals surface area contributed by atoms with Crippen molar-refractivity contribution in [3.63, 3.8) is 0 Å². The third kappa shape index (κ3) is 3.77. The lowest BCUT2D eigenvalue weighted by atomic mass is 9.91. The maximum atomic E-state index is 12.3. The molecule has 2 fully saturated rings. The molecule has 0 bridgehead atoms. The molecule has 2 aromatic heterocycles. The average molecular weight is 345 g/mol. The van der Waals surface area contributed by atoms with Crippen molar-refractivity contribution in [3.8, 4) is 0 Å². The standard InChI is InChI=1S/C18H23N3O4/c1-12-7-14(20-25-12)10-21-5-4-13-8-16(24-17(13)11-21)18(22)19-9-15-3-2-6-23-15/h2-3,6-7,13,16-17H,4-5,8-11H2,1H3,(H,19,22)/t13-,16-,17+/m1/s1. The third-order valence-electron chi connectivity index (χ3n) is 5.01. The van der Waals surface area contributed by atoms with Gasteiger partial charge in [0.1, 0.15) is 17.6 Å². The molecular formula is C18H23N3O4. The molecule has 0 spiro atoms. The first kappa shape index (κ1) is 16.4. The zero-order chi connectivity index (χ0) is 17.2. The van der Waals surface area contributed by atoms with Crippen LogP contribution in [0.3, 0.4) is 0 Å². The SMILES string of the molecule is Cc1cc(CN2CC[C@@H]3C[C@H](C(=O)NCc4ccco4)O[C@H]3C2)no1. The summed E-state index contributed by atoms with van der Waals surface area (Å²) in [5.41, 5.74) is 0.946. The van der Waals surface area contributed by atoms with E-state index in [4.69, 9.17) is 13.7 Å². The largest absolute Gasteiger partial charge is 0.467 e. The van der Waals surface area contributed by atoms with E-state index in [0.717, 1.165) is 49.7 Å². The van der Waals surface area contributed by atoms with Gasteiger partial charge in [-0.25, -0.2) is 0 Å². The highest BCUT2D eigenvalue weighted by atomic mass is 16.5. The van der Waals surface area contributed by atoms with E-state index in [2.05, 4.69) is 15.4 Å². The van der Waals surface area contributed by atoms with Crippen molar-refractivity contribution >= 4 is 5.91 Å². The lowest BCUT2D eigenvalue weighted by Gasteiger charge is -2.33. The molecule has 0 saturated carbocycles. The van der Waals surface area contributed by atoms with E-state index in [1.807, 2.05) is 25.1 Å². The number of likely N-dealkylation sites (tertiary alicyclic amines) is 1. The maximum Gasteiger partial charge on any atom is 0.249 e. The highest BCUT2D eigenvalue weighted by Gasteiger charge is 2.41. The third-order valence-corrected chi connectivity index (χ3v) is 5.01. The Hall–Kier alpha value is -2.12. The molecule has 1 N–H and O–H groups in total. The van der Waals surface area contributed by atoms with Crippen LogP contribution in [0.15, 0.2) is 33.4 Å². The van der Waals surface area contributed by atoms with E-state index in [-0.39, 0.29) is 18.1 Å². The van der Waals surface area contributed by atoms with Crippen LogP contribution in [0, 0.1) is 12.8 Å². The van der Waals surface area contributed by atoms with Crippen LogP contribution in [0.25, 0.3) is 0 Å². The smallest absolute Gasteiger partial charge is 0.249 e. The van der Waals surface area contributed by atoms with Gasteiger partial charge in [0.05, 0.1) is 24.6 Å². The van der Waals surface area contributed by atoms with Gasteiger partial charge in [0.15, 0.2) is 0 Å². The fraction of sp³-hybridized carbons (Fsp3) is 0.556. The van der Waals surface area contributed by atoms with Gasteiger partial charge in [0, 0.05) is 19.2 Å². The molecular weight excluding hydrogens is 322 g/mol. The highest BCUT2D eigenvalue weighted by molar-refractivity contribution is 5.81. The summed E-state index contributed by atoms with van der Waals surface area (Å²) in [5.74, 6) is 1.98. The van der Waals surface area contributed by atoms with Gasteiger partial charge >= 0.3 is 0 Å². The number of furan rings is 1. The number of nitrogens with one attached hydrogen (secondary N) is 1. The summed E-state index contributed by atoms with van der Waals surface area (Å²) in [6.07, 6.45) is 3.20.